The van der Waals surface area contributed by atoms with Crippen LogP contribution in [0.4, 0.5) is 0 Å². The fourth-order valence-corrected chi connectivity index (χ4v) is 2.77. The van der Waals surface area contributed by atoms with Gasteiger partial charge in [-0.15, -0.1) is 0 Å². The summed E-state index contributed by atoms with van der Waals surface area (Å²) in [5, 5.41) is 1.16. The van der Waals surface area contributed by atoms with Crippen LogP contribution in [0.15, 0.2) is 48.5 Å². The maximum atomic E-state index is 4.81. The van der Waals surface area contributed by atoms with Crippen LogP contribution >= 0.6 is 0 Å². The predicted molar refractivity (Wildman–Crippen MR) is 80.3 cm³/mol. The number of hydrogen-bond donors (Lipinski definition) is 1. The second-order valence-corrected chi connectivity index (χ2v) is 4.91. The van der Waals surface area contributed by atoms with Crippen molar-refractivity contribution in [1.82, 2.24) is 14.5 Å². The van der Waals surface area contributed by atoms with Gasteiger partial charge in [0.05, 0.1) is 29.6 Å². The molecule has 2 aromatic heterocycles. The van der Waals surface area contributed by atoms with Gasteiger partial charge in [0, 0.05) is 5.39 Å². The van der Waals surface area contributed by atoms with Crippen LogP contribution in [0.2, 0.25) is 0 Å². The van der Waals surface area contributed by atoms with Gasteiger partial charge in [-0.1, -0.05) is 30.3 Å². The molecule has 4 nitrogen and oxygen atoms in total. The Morgan fingerprint density at radius 1 is 0.900 bits per heavy atom. The van der Waals surface area contributed by atoms with Crippen LogP contribution in [0.3, 0.4) is 0 Å². The molecule has 0 aliphatic rings. The Balaban J connectivity index is 2.22. The zero-order valence-electron chi connectivity index (χ0n) is 11.1. The van der Waals surface area contributed by atoms with E-state index in [1.54, 1.807) is 0 Å². The number of rotatable bonds is 2. The van der Waals surface area contributed by atoms with Crippen LogP contribution in [0.25, 0.3) is 33.1 Å². The number of hydrogen-bond acceptors (Lipinski definition) is 2. The Kier molecular flexibility index (Phi) is 2.44. The lowest BCUT2D eigenvalue weighted by Gasteiger charge is -2.03. The fraction of sp³-hybridized carbons (Fsp3) is 0.125. The molecule has 0 saturated heterocycles. The first-order valence-corrected chi connectivity index (χ1v) is 6.81. The van der Waals surface area contributed by atoms with E-state index in [0.29, 0.717) is 0 Å². The highest BCUT2D eigenvalue weighted by molar-refractivity contribution is 6.06. The highest BCUT2D eigenvalue weighted by Gasteiger charge is 2.13. The molecule has 20 heavy (non-hydrogen) atoms. The molecule has 0 saturated carbocycles. The van der Waals surface area contributed by atoms with E-state index in [9.17, 15) is 0 Å². The van der Waals surface area contributed by atoms with Gasteiger partial charge in [0.1, 0.15) is 5.52 Å². The standard InChI is InChI=1S/C16H14N4/c17-9-10-20-14-8-4-1-5-11(14)15-16(20)19-13-7-3-2-6-12(13)18-15/h1-8H,9-10,17H2/p+1. The van der Waals surface area contributed by atoms with E-state index in [2.05, 4.69) is 28.5 Å². The summed E-state index contributed by atoms with van der Waals surface area (Å²) in [6.45, 7) is 1.69. The van der Waals surface area contributed by atoms with E-state index >= 15 is 0 Å². The van der Waals surface area contributed by atoms with Crippen molar-refractivity contribution in [2.75, 3.05) is 6.54 Å². The van der Waals surface area contributed by atoms with Crippen molar-refractivity contribution in [3.8, 4) is 0 Å². The van der Waals surface area contributed by atoms with Crippen molar-refractivity contribution >= 4 is 33.1 Å². The minimum Gasteiger partial charge on any atom is -0.356 e. The first-order chi connectivity index (χ1) is 9.88. The Morgan fingerprint density at radius 2 is 1.60 bits per heavy atom. The molecule has 0 aliphatic carbocycles. The van der Waals surface area contributed by atoms with Crippen LogP contribution in [-0.2, 0) is 6.54 Å². The molecule has 0 radical (unpaired) electrons. The smallest absolute Gasteiger partial charge is 0.160 e. The number of quaternary nitrogens is 1. The van der Waals surface area contributed by atoms with Gasteiger partial charge in [-0.2, -0.15) is 0 Å². The first kappa shape index (κ1) is 11.4. The first-order valence-electron chi connectivity index (χ1n) is 6.81. The molecule has 0 amide bonds. The summed E-state index contributed by atoms with van der Waals surface area (Å²) in [4.78, 5) is 9.61. The van der Waals surface area contributed by atoms with E-state index in [-0.39, 0.29) is 0 Å². The van der Waals surface area contributed by atoms with Gasteiger partial charge in [-0.25, -0.2) is 9.97 Å². The summed E-state index contributed by atoms with van der Waals surface area (Å²) in [5.74, 6) is 0. The Bertz CT molecular complexity index is 924. The summed E-state index contributed by atoms with van der Waals surface area (Å²) in [6, 6.07) is 16.4. The molecule has 0 bridgehead atoms. The van der Waals surface area contributed by atoms with E-state index in [4.69, 9.17) is 9.97 Å². The normalized spacial score (nSPS) is 11.7. The largest absolute Gasteiger partial charge is 0.356 e. The van der Waals surface area contributed by atoms with E-state index in [0.717, 1.165) is 40.7 Å². The van der Waals surface area contributed by atoms with Gasteiger partial charge in [0.2, 0.25) is 0 Å². The molecule has 4 rings (SSSR count). The summed E-state index contributed by atoms with van der Waals surface area (Å²) in [7, 11) is 0. The second-order valence-electron chi connectivity index (χ2n) is 4.91. The maximum Gasteiger partial charge on any atom is 0.160 e. The molecule has 4 heteroatoms. The quantitative estimate of drug-likeness (QED) is 0.601. The molecule has 2 aromatic carbocycles. The predicted octanol–water partition coefficient (Wildman–Crippen LogP) is 1.98. The molecule has 0 unspecified atom stereocenters. The topological polar surface area (TPSA) is 58.4 Å². The number of fused-ring (bicyclic) bond motifs is 4. The van der Waals surface area contributed by atoms with E-state index in [1.165, 1.54) is 5.52 Å². The van der Waals surface area contributed by atoms with Crippen LogP contribution in [-0.4, -0.2) is 21.1 Å². The minimum atomic E-state index is 0.836. The average Bonchev–Trinajstić information content (AvgIpc) is 2.80. The highest BCUT2D eigenvalue weighted by atomic mass is 15.1. The number of aromatic nitrogens is 3. The number of benzene rings is 2. The Hall–Kier alpha value is -2.46. The molecule has 0 fully saturated rings. The Labute approximate surface area is 115 Å². The van der Waals surface area contributed by atoms with Crippen LogP contribution in [0, 0.1) is 0 Å². The summed E-state index contributed by atoms with van der Waals surface area (Å²) < 4.78 is 2.22. The third-order valence-corrected chi connectivity index (χ3v) is 3.64. The molecule has 0 aliphatic heterocycles. The van der Waals surface area contributed by atoms with Gasteiger partial charge >= 0.3 is 0 Å². The highest BCUT2D eigenvalue weighted by Crippen LogP contribution is 2.27. The third kappa shape index (κ3) is 1.52. The molecular formula is C16H15N4+. The van der Waals surface area contributed by atoms with Gasteiger partial charge in [0.25, 0.3) is 0 Å². The average molecular weight is 263 g/mol. The number of para-hydroxylation sites is 3. The van der Waals surface area contributed by atoms with Gasteiger partial charge in [-0.3, -0.25) is 0 Å². The molecule has 98 valence electrons. The second kappa shape index (κ2) is 4.28. The summed E-state index contributed by atoms with van der Waals surface area (Å²) >= 11 is 0. The molecular weight excluding hydrogens is 248 g/mol. The SMILES string of the molecule is [NH3+]CCn1c2ccccc2c2nc3ccccc3nc21. The van der Waals surface area contributed by atoms with Gasteiger partial charge in [0.15, 0.2) is 5.65 Å². The van der Waals surface area contributed by atoms with Crippen molar-refractivity contribution in [1.29, 1.82) is 0 Å². The lowest BCUT2D eigenvalue weighted by Crippen LogP contribution is -2.51. The van der Waals surface area contributed by atoms with Crippen LogP contribution in [0.5, 0.6) is 0 Å². The van der Waals surface area contributed by atoms with Crippen LogP contribution < -0.4 is 5.73 Å². The van der Waals surface area contributed by atoms with Gasteiger partial charge < -0.3 is 10.3 Å². The van der Waals surface area contributed by atoms with E-state index < -0.39 is 0 Å². The zero-order valence-corrected chi connectivity index (χ0v) is 11.1. The minimum absolute atomic E-state index is 0.836. The van der Waals surface area contributed by atoms with Gasteiger partial charge in [-0.05, 0) is 18.2 Å². The van der Waals surface area contributed by atoms with E-state index in [1.807, 2.05) is 30.3 Å². The van der Waals surface area contributed by atoms with Crippen LogP contribution in [0.1, 0.15) is 0 Å². The monoisotopic (exact) mass is 263 g/mol. The Morgan fingerprint density at radius 3 is 2.40 bits per heavy atom. The van der Waals surface area contributed by atoms with Crippen molar-refractivity contribution in [2.45, 2.75) is 6.54 Å². The molecule has 3 N–H and O–H groups in total. The van der Waals surface area contributed by atoms with Crippen molar-refractivity contribution < 1.29 is 5.73 Å². The molecule has 0 atom stereocenters. The third-order valence-electron chi connectivity index (χ3n) is 3.64. The van der Waals surface area contributed by atoms with Crippen molar-refractivity contribution in [2.24, 2.45) is 0 Å². The maximum absolute atomic E-state index is 4.81. The number of nitrogens with zero attached hydrogens (tertiary/aromatic N) is 3. The summed E-state index contributed by atoms with van der Waals surface area (Å²) in [6.07, 6.45) is 0. The van der Waals surface area contributed by atoms with Crippen molar-refractivity contribution in [3.63, 3.8) is 0 Å². The molecule has 4 aromatic rings. The molecule has 0 spiro atoms. The zero-order chi connectivity index (χ0) is 13.5. The fourth-order valence-electron chi connectivity index (χ4n) is 2.77. The molecule has 2 heterocycles. The summed E-state index contributed by atoms with van der Waals surface area (Å²) in [5.41, 5.74) is 8.96. The van der Waals surface area contributed by atoms with Crippen molar-refractivity contribution in [3.05, 3.63) is 48.5 Å². The lowest BCUT2D eigenvalue weighted by molar-refractivity contribution is -0.369. The lowest BCUT2D eigenvalue weighted by atomic mass is 10.2.